The third-order valence-corrected chi connectivity index (χ3v) is 4.98. The van der Waals surface area contributed by atoms with Crippen LogP contribution in [-0.4, -0.2) is 48.9 Å². The average molecular weight is 409 g/mol. The Hall–Kier alpha value is -2.61. The predicted molar refractivity (Wildman–Crippen MR) is 107 cm³/mol. The topological polar surface area (TPSA) is 125 Å². The van der Waals surface area contributed by atoms with E-state index in [1.54, 1.807) is 39.8 Å². The van der Waals surface area contributed by atoms with E-state index in [-0.39, 0.29) is 25.4 Å². The summed E-state index contributed by atoms with van der Waals surface area (Å²) in [6, 6.07) is 6.13. The number of hydrogen-bond acceptors (Lipinski definition) is 8. The molecule has 0 bridgehead atoms. The minimum absolute atomic E-state index is 0.269. The number of hydrogen-bond donors (Lipinski definition) is 2. The zero-order chi connectivity index (χ0) is 22.2. The summed E-state index contributed by atoms with van der Waals surface area (Å²) in [6.07, 6.45) is -0.531. The molecule has 1 rings (SSSR count). The average Bonchev–Trinajstić information content (AvgIpc) is 2.68. The second-order valence-electron chi connectivity index (χ2n) is 7.86. The lowest BCUT2D eigenvalue weighted by molar-refractivity contribution is -0.177. The number of nitrogen functional groups attached to an aromatic ring is 1. The first-order chi connectivity index (χ1) is 13.4. The third-order valence-electron chi connectivity index (χ3n) is 4.98. The van der Waals surface area contributed by atoms with Gasteiger partial charge in [-0.3, -0.25) is 9.59 Å². The van der Waals surface area contributed by atoms with Gasteiger partial charge in [0.1, 0.15) is 19.3 Å². The lowest BCUT2D eigenvalue weighted by atomic mass is 9.68. The second kappa shape index (κ2) is 10.2. The van der Waals surface area contributed by atoms with Gasteiger partial charge >= 0.3 is 17.9 Å². The van der Waals surface area contributed by atoms with Crippen LogP contribution >= 0.6 is 0 Å². The number of aliphatic hydroxyl groups excluding tert-OH is 1. The molecule has 0 fully saturated rings. The Bertz CT molecular complexity index is 710. The molecule has 0 saturated heterocycles. The molecular weight excluding hydrogens is 378 g/mol. The minimum Gasteiger partial charge on any atom is -0.465 e. The van der Waals surface area contributed by atoms with Crippen molar-refractivity contribution in [3.63, 3.8) is 0 Å². The van der Waals surface area contributed by atoms with Crippen LogP contribution in [0.1, 0.15) is 51.4 Å². The van der Waals surface area contributed by atoms with Crippen molar-refractivity contribution in [2.45, 2.75) is 47.1 Å². The zero-order valence-corrected chi connectivity index (χ0v) is 17.7. The number of benzene rings is 1. The predicted octanol–water partition coefficient (Wildman–Crippen LogP) is 2.34. The molecule has 0 aliphatic rings. The normalized spacial score (nSPS) is 12.8. The first-order valence-corrected chi connectivity index (χ1v) is 9.48. The van der Waals surface area contributed by atoms with Gasteiger partial charge in [-0.05, 0) is 58.4 Å². The maximum atomic E-state index is 12.5. The molecule has 8 nitrogen and oxygen atoms in total. The van der Waals surface area contributed by atoms with Gasteiger partial charge in [0.15, 0.2) is 0 Å². The van der Waals surface area contributed by atoms with Gasteiger partial charge in [0.05, 0.1) is 23.0 Å². The Kier molecular flexibility index (Phi) is 8.63. The lowest BCUT2D eigenvalue weighted by Gasteiger charge is -2.37. The van der Waals surface area contributed by atoms with Crippen LogP contribution in [-0.2, 0) is 23.8 Å². The lowest BCUT2D eigenvalue weighted by Crippen LogP contribution is -2.47. The van der Waals surface area contributed by atoms with Gasteiger partial charge in [0.2, 0.25) is 0 Å². The summed E-state index contributed by atoms with van der Waals surface area (Å²) in [5.74, 6) is -1.80. The van der Waals surface area contributed by atoms with Crippen molar-refractivity contribution in [3.05, 3.63) is 29.8 Å². The first-order valence-electron chi connectivity index (χ1n) is 9.48. The molecule has 29 heavy (non-hydrogen) atoms. The summed E-state index contributed by atoms with van der Waals surface area (Å²) >= 11 is 0. The Morgan fingerprint density at radius 2 is 1.41 bits per heavy atom. The Balaban J connectivity index is 2.55. The van der Waals surface area contributed by atoms with Crippen LogP contribution in [0.5, 0.6) is 0 Å². The van der Waals surface area contributed by atoms with Gasteiger partial charge < -0.3 is 25.1 Å². The number of carbonyl (C=O) groups excluding carboxylic acids is 3. The smallest absolute Gasteiger partial charge is 0.338 e. The van der Waals surface area contributed by atoms with Crippen molar-refractivity contribution in [2.24, 2.45) is 10.8 Å². The van der Waals surface area contributed by atoms with E-state index in [2.05, 4.69) is 0 Å². The molecule has 0 aromatic heterocycles. The Labute approximate surface area is 171 Å². The zero-order valence-electron chi connectivity index (χ0n) is 17.7. The molecule has 0 saturated carbocycles. The number of ether oxygens (including phenoxy) is 3. The molecular formula is C21H31NO7. The molecule has 0 aliphatic heterocycles. The van der Waals surface area contributed by atoms with Crippen LogP contribution in [0.4, 0.5) is 5.69 Å². The van der Waals surface area contributed by atoms with E-state index in [4.69, 9.17) is 19.9 Å². The quantitative estimate of drug-likeness (QED) is 0.343. The van der Waals surface area contributed by atoms with Gasteiger partial charge in [-0.1, -0.05) is 6.92 Å². The summed E-state index contributed by atoms with van der Waals surface area (Å²) in [5, 5.41) is 9.97. The minimum atomic E-state index is -1.21. The highest BCUT2D eigenvalue weighted by atomic mass is 16.6. The van der Waals surface area contributed by atoms with Gasteiger partial charge in [-0.2, -0.15) is 0 Å². The number of esters is 3. The van der Waals surface area contributed by atoms with Crippen LogP contribution in [0.15, 0.2) is 24.3 Å². The highest BCUT2D eigenvalue weighted by Gasteiger charge is 2.50. The molecule has 3 N–H and O–H groups in total. The van der Waals surface area contributed by atoms with Crippen LogP contribution in [0.25, 0.3) is 0 Å². The standard InChI is InChI=1S/C21H31NO7/c1-6-11-27-18(25)20(2,3)21(4,5)19(26)29-13-16(23)12-28-17(24)14-7-9-15(22)10-8-14/h7-10,16,23H,6,11-13,22H2,1-5H3. The van der Waals surface area contributed by atoms with Crippen LogP contribution in [0.2, 0.25) is 0 Å². The summed E-state index contributed by atoms with van der Waals surface area (Å²) in [4.78, 5) is 36.7. The Morgan fingerprint density at radius 1 is 0.931 bits per heavy atom. The van der Waals surface area contributed by atoms with Crippen molar-refractivity contribution >= 4 is 23.6 Å². The molecule has 0 aliphatic carbocycles. The SMILES string of the molecule is CCCOC(=O)C(C)(C)C(C)(C)C(=O)OCC(O)COC(=O)c1ccc(N)cc1. The third kappa shape index (κ3) is 6.45. The molecule has 162 valence electrons. The monoisotopic (exact) mass is 409 g/mol. The number of carbonyl (C=O) groups is 3. The number of nitrogens with two attached hydrogens (primary N) is 1. The molecule has 0 spiro atoms. The van der Waals surface area contributed by atoms with Crippen LogP contribution < -0.4 is 5.73 Å². The molecule has 0 radical (unpaired) electrons. The molecule has 1 atom stereocenters. The highest BCUT2D eigenvalue weighted by Crippen LogP contribution is 2.40. The Morgan fingerprint density at radius 3 is 1.93 bits per heavy atom. The van der Waals surface area contributed by atoms with Gasteiger partial charge in [-0.15, -0.1) is 0 Å². The van der Waals surface area contributed by atoms with Gasteiger partial charge in [0, 0.05) is 5.69 Å². The van der Waals surface area contributed by atoms with Crippen molar-refractivity contribution < 1.29 is 33.7 Å². The molecule has 8 heteroatoms. The summed E-state index contributed by atoms with van der Waals surface area (Å²) in [6.45, 7) is 7.79. The highest BCUT2D eigenvalue weighted by molar-refractivity contribution is 5.89. The number of rotatable bonds is 10. The van der Waals surface area contributed by atoms with Crippen LogP contribution in [0, 0.1) is 10.8 Å². The van der Waals surface area contributed by atoms with Crippen molar-refractivity contribution in [2.75, 3.05) is 25.6 Å². The largest absolute Gasteiger partial charge is 0.465 e. The van der Waals surface area contributed by atoms with E-state index in [9.17, 15) is 19.5 Å². The van der Waals surface area contributed by atoms with E-state index in [1.807, 2.05) is 6.92 Å². The fraction of sp³-hybridized carbons (Fsp3) is 0.571. The summed E-state index contributed by atoms with van der Waals surface area (Å²) in [5.41, 5.74) is 4.03. The van der Waals surface area contributed by atoms with E-state index in [0.29, 0.717) is 12.1 Å². The van der Waals surface area contributed by atoms with E-state index >= 15 is 0 Å². The molecule has 1 aromatic carbocycles. The molecule has 1 aromatic rings. The first kappa shape index (κ1) is 24.4. The van der Waals surface area contributed by atoms with Gasteiger partial charge in [0.25, 0.3) is 0 Å². The fourth-order valence-corrected chi connectivity index (χ4v) is 2.16. The number of anilines is 1. The summed E-state index contributed by atoms with van der Waals surface area (Å²) in [7, 11) is 0. The fourth-order valence-electron chi connectivity index (χ4n) is 2.16. The number of aliphatic hydroxyl groups is 1. The summed E-state index contributed by atoms with van der Waals surface area (Å²) < 4.78 is 15.3. The van der Waals surface area contributed by atoms with Gasteiger partial charge in [-0.25, -0.2) is 4.79 Å². The van der Waals surface area contributed by atoms with Crippen molar-refractivity contribution in [1.82, 2.24) is 0 Å². The van der Waals surface area contributed by atoms with E-state index < -0.39 is 34.8 Å². The van der Waals surface area contributed by atoms with E-state index in [1.165, 1.54) is 12.1 Å². The second-order valence-corrected chi connectivity index (χ2v) is 7.86. The van der Waals surface area contributed by atoms with Crippen molar-refractivity contribution in [1.29, 1.82) is 0 Å². The van der Waals surface area contributed by atoms with E-state index in [0.717, 1.165) is 0 Å². The van der Waals surface area contributed by atoms with Crippen molar-refractivity contribution in [3.8, 4) is 0 Å². The molecule has 1 unspecified atom stereocenters. The van der Waals surface area contributed by atoms with Crippen LogP contribution in [0.3, 0.4) is 0 Å². The maximum Gasteiger partial charge on any atom is 0.338 e. The molecule has 0 amide bonds. The maximum absolute atomic E-state index is 12.5. The molecule has 0 heterocycles.